The van der Waals surface area contributed by atoms with Gasteiger partial charge in [0.05, 0.1) is 29.3 Å². The van der Waals surface area contributed by atoms with Gasteiger partial charge < -0.3 is 20.3 Å². The number of aromatic nitrogens is 2. The molecule has 1 fully saturated rings. The molecule has 1 aliphatic heterocycles. The number of aliphatic hydroxyl groups is 3. The molecular formula is C9H12N2O5S. The third kappa shape index (κ3) is 2.16. The minimum atomic E-state index is -1.15. The van der Waals surface area contributed by atoms with Crippen LogP contribution in [-0.2, 0) is 0 Å². The summed E-state index contributed by atoms with van der Waals surface area (Å²) in [5.41, 5.74) is -1.05. The summed E-state index contributed by atoms with van der Waals surface area (Å²) >= 11 is 1.11. The summed E-state index contributed by atoms with van der Waals surface area (Å²) in [6, 6.07) is 0. The number of H-pyrrole nitrogens is 2. The topological polar surface area (TPSA) is 126 Å². The molecule has 4 atom stereocenters. The third-order valence-electron chi connectivity index (χ3n) is 2.70. The molecule has 1 saturated heterocycles. The molecule has 94 valence electrons. The van der Waals surface area contributed by atoms with Crippen molar-refractivity contribution in [3.63, 3.8) is 0 Å². The van der Waals surface area contributed by atoms with E-state index in [1.807, 2.05) is 4.98 Å². The number of hydrogen-bond acceptors (Lipinski definition) is 6. The molecular weight excluding hydrogens is 248 g/mol. The van der Waals surface area contributed by atoms with Gasteiger partial charge in [-0.3, -0.25) is 9.78 Å². The molecule has 0 bridgehead atoms. The first-order chi connectivity index (χ1) is 8.04. The number of hydrogen-bond donors (Lipinski definition) is 5. The lowest BCUT2D eigenvalue weighted by Crippen LogP contribution is -2.33. The Bertz CT molecular complexity index is 513. The molecule has 0 aromatic carbocycles. The summed E-state index contributed by atoms with van der Waals surface area (Å²) in [5.74, 6) is 0. The number of aliphatic hydroxyl groups excluding tert-OH is 3. The van der Waals surface area contributed by atoms with Gasteiger partial charge >= 0.3 is 5.69 Å². The van der Waals surface area contributed by atoms with Crippen LogP contribution in [-0.4, -0.2) is 49.4 Å². The molecule has 1 aromatic heterocycles. The van der Waals surface area contributed by atoms with Crippen molar-refractivity contribution < 1.29 is 15.3 Å². The second-order valence-corrected chi connectivity index (χ2v) is 5.17. The van der Waals surface area contributed by atoms with Crippen molar-refractivity contribution >= 4 is 11.8 Å². The Labute approximate surface area is 99.5 Å². The van der Waals surface area contributed by atoms with E-state index >= 15 is 0 Å². The summed E-state index contributed by atoms with van der Waals surface area (Å²) in [5, 5.41) is 27.2. The fourth-order valence-corrected chi connectivity index (χ4v) is 3.22. The van der Waals surface area contributed by atoms with Gasteiger partial charge in [0.2, 0.25) is 0 Å². The normalized spacial score (nSPS) is 32.9. The predicted octanol–water partition coefficient (Wildman–Crippen LogP) is -2.07. The van der Waals surface area contributed by atoms with Crippen molar-refractivity contribution in [2.45, 2.75) is 22.7 Å². The SMILES string of the molecule is O=c1[nH]cc([C@@H]2S[C@H](CO)[C@@H](O)[C@@H]2O)c(=O)[nH]1. The molecule has 8 heteroatoms. The van der Waals surface area contributed by atoms with E-state index in [1.165, 1.54) is 6.20 Å². The average molecular weight is 260 g/mol. The van der Waals surface area contributed by atoms with Crippen molar-refractivity contribution in [1.29, 1.82) is 0 Å². The zero-order valence-corrected chi connectivity index (χ0v) is 9.48. The van der Waals surface area contributed by atoms with Crippen LogP contribution >= 0.6 is 11.8 Å². The second kappa shape index (κ2) is 4.65. The minimum Gasteiger partial charge on any atom is -0.395 e. The van der Waals surface area contributed by atoms with E-state index in [-0.39, 0.29) is 12.2 Å². The Kier molecular flexibility index (Phi) is 3.38. The van der Waals surface area contributed by atoms with Crippen LogP contribution in [0.5, 0.6) is 0 Å². The molecule has 0 radical (unpaired) electrons. The van der Waals surface area contributed by atoms with Gasteiger partial charge in [-0.1, -0.05) is 0 Å². The van der Waals surface area contributed by atoms with Crippen LogP contribution in [0.4, 0.5) is 0 Å². The van der Waals surface area contributed by atoms with Gasteiger partial charge in [-0.25, -0.2) is 4.79 Å². The molecule has 0 amide bonds. The summed E-state index contributed by atoms with van der Waals surface area (Å²) in [7, 11) is 0. The predicted molar refractivity (Wildman–Crippen MR) is 60.9 cm³/mol. The lowest BCUT2D eigenvalue weighted by Gasteiger charge is -2.14. The van der Waals surface area contributed by atoms with Gasteiger partial charge in [0.25, 0.3) is 5.56 Å². The van der Waals surface area contributed by atoms with Gasteiger partial charge in [-0.15, -0.1) is 11.8 Å². The largest absolute Gasteiger partial charge is 0.395 e. The van der Waals surface area contributed by atoms with Crippen LogP contribution < -0.4 is 11.2 Å². The first-order valence-electron chi connectivity index (χ1n) is 4.99. The molecule has 0 saturated carbocycles. The van der Waals surface area contributed by atoms with Gasteiger partial charge in [0.1, 0.15) is 0 Å². The van der Waals surface area contributed by atoms with E-state index in [0.717, 1.165) is 11.8 Å². The highest BCUT2D eigenvalue weighted by atomic mass is 32.2. The fraction of sp³-hybridized carbons (Fsp3) is 0.556. The lowest BCUT2D eigenvalue weighted by atomic mass is 10.0. The molecule has 17 heavy (non-hydrogen) atoms. The standard InChI is InChI=1S/C9H12N2O5S/c12-2-4-5(13)6(14)7(17-4)3-1-10-9(16)11-8(3)15/h1,4-7,12-14H,2H2,(H2,10,11,15,16)/t4-,5-,6+,7+/m1/s1. The van der Waals surface area contributed by atoms with Gasteiger partial charge in [0, 0.05) is 11.8 Å². The smallest absolute Gasteiger partial charge is 0.325 e. The molecule has 2 rings (SSSR count). The molecule has 7 nitrogen and oxygen atoms in total. The summed E-state index contributed by atoms with van der Waals surface area (Å²) in [6.07, 6.45) is -1.03. The Balaban J connectivity index is 2.35. The Hall–Kier alpha value is -1.09. The molecule has 0 aliphatic carbocycles. The minimum absolute atomic E-state index is 0.178. The van der Waals surface area contributed by atoms with Crippen LogP contribution in [0.15, 0.2) is 15.8 Å². The van der Waals surface area contributed by atoms with Crippen molar-refractivity contribution in [1.82, 2.24) is 9.97 Å². The highest BCUT2D eigenvalue weighted by Crippen LogP contribution is 2.43. The zero-order valence-electron chi connectivity index (χ0n) is 8.66. The van der Waals surface area contributed by atoms with Crippen molar-refractivity contribution in [2.75, 3.05) is 6.61 Å². The number of aromatic amines is 2. The maximum Gasteiger partial charge on any atom is 0.325 e. The van der Waals surface area contributed by atoms with Crippen LogP contribution in [0.2, 0.25) is 0 Å². The van der Waals surface area contributed by atoms with E-state index < -0.39 is 34.0 Å². The van der Waals surface area contributed by atoms with Crippen LogP contribution in [0, 0.1) is 0 Å². The number of rotatable bonds is 2. The first kappa shape index (κ1) is 12.4. The highest BCUT2D eigenvalue weighted by molar-refractivity contribution is 8.00. The molecule has 2 heterocycles. The third-order valence-corrected chi connectivity index (χ3v) is 4.30. The number of thioether (sulfide) groups is 1. The maximum absolute atomic E-state index is 11.5. The Morgan fingerprint density at radius 3 is 2.53 bits per heavy atom. The molecule has 0 spiro atoms. The van der Waals surface area contributed by atoms with Gasteiger partial charge in [0.15, 0.2) is 0 Å². The molecule has 5 N–H and O–H groups in total. The summed E-state index contributed by atoms with van der Waals surface area (Å²) < 4.78 is 0. The van der Waals surface area contributed by atoms with E-state index in [4.69, 9.17) is 5.11 Å². The van der Waals surface area contributed by atoms with Gasteiger partial charge in [-0.2, -0.15) is 0 Å². The maximum atomic E-state index is 11.5. The van der Waals surface area contributed by atoms with Crippen LogP contribution in [0.25, 0.3) is 0 Å². The molecule has 0 unspecified atom stereocenters. The van der Waals surface area contributed by atoms with Gasteiger partial charge in [-0.05, 0) is 0 Å². The monoisotopic (exact) mass is 260 g/mol. The highest BCUT2D eigenvalue weighted by Gasteiger charge is 2.43. The van der Waals surface area contributed by atoms with E-state index in [2.05, 4.69) is 4.98 Å². The van der Waals surface area contributed by atoms with E-state index in [0.29, 0.717) is 0 Å². The molecule has 1 aromatic rings. The first-order valence-corrected chi connectivity index (χ1v) is 5.93. The van der Waals surface area contributed by atoms with Crippen molar-refractivity contribution in [2.24, 2.45) is 0 Å². The number of nitrogens with one attached hydrogen (secondary N) is 2. The zero-order chi connectivity index (χ0) is 12.6. The second-order valence-electron chi connectivity index (χ2n) is 3.79. The quantitative estimate of drug-likeness (QED) is 0.416. The van der Waals surface area contributed by atoms with Crippen LogP contribution in [0.3, 0.4) is 0 Å². The Morgan fingerprint density at radius 2 is 2.00 bits per heavy atom. The van der Waals surface area contributed by atoms with Crippen LogP contribution in [0.1, 0.15) is 10.8 Å². The van der Waals surface area contributed by atoms with E-state index in [9.17, 15) is 19.8 Å². The molecule has 1 aliphatic rings. The summed E-state index contributed by atoms with van der Waals surface area (Å²) in [6.45, 7) is -0.291. The van der Waals surface area contributed by atoms with E-state index in [1.54, 1.807) is 0 Å². The lowest BCUT2D eigenvalue weighted by molar-refractivity contribution is 0.0196. The Morgan fingerprint density at radius 1 is 1.29 bits per heavy atom. The van der Waals surface area contributed by atoms with Crippen molar-refractivity contribution in [3.8, 4) is 0 Å². The fourth-order valence-electron chi connectivity index (χ4n) is 1.79. The average Bonchev–Trinajstić information content (AvgIpc) is 2.57. The van der Waals surface area contributed by atoms with Crippen molar-refractivity contribution in [3.05, 3.63) is 32.6 Å². The summed E-state index contributed by atoms with van der Waals surface area (Å²) in [4.78, 5) is 26.7.